The normalized spacial score (nSPS) is 19.3. The molecule has 1 aliphatic heterocycles. The van der Waals surface area contributed by atoms with Crippen LogP contribution in [-0.4, -0.2) is 48.8 Å². The van der Waals surface area contributed by atoms with Crippen LogP contribution in [0.4, 0.5) is 5.69 Å². The molecule has 1 unspecified atom stereocenters. The van der Waals surface area contributed by atoms with Gasteiger partial charge in [-0.3, -0.25) is 4.90 Å². The number of halogens is 1. The second-order valence-electron chi connectivity index (χ2n) is 5.23. The van der Waals surface area contributed by atoms with Gasteiger partial charge in [-0.25, -0.2) is 0 Å². The van der Waals surface area contributed by atoms with Gasteiger partial charge in [0.1, 0.15) is 5.75 Å². The molecule has 0 spiro atoms. The van der Waals surface area contributed by atoms with Crippen molar-refractivity contribution in [3.63, 3.8) is 0 Å². The lowest BCUT2D eigenvalue weighted by molar-refractivity contribution is 0.190. The van der Waals surface area contributed by atoms with Crippen molar-refractivity contribution in [1.29, 1.82) is 0 Å². The van der Waals surface area contributed by atoms with Gasteiger partial charge in [-0.1, -0.05) is 16.8 Å². The van der Waals surface area contributed by atoms with Gasteiger partial charge >= 0.3 is 0 Å². The highest BCUT2D eigenvalue weighted by molar-refractivity contribution is 6.33. The standard InChI is InChI=1S/C14H18ClN5O2/c1-20-4-3-17-7-11(20)13-18-14(22-19-13)8-5-9(15)10(16)6-12(8)21-2/h5-6,11,17H,3-4,7,16H2,1-2H3. The van der Waals surface area contributed by atoms with Crippen molar-refractivity contribution in [3.8, 4) is 17.2 Å². The number of likely N-dealkylation sites (N-methyl/N-ethyl adjacent to an activating group) is 1. The van der Waals surface area contributed by atoms with Crippen molar-refractivity contribution in [2.75, 3.05) is 39.5 Å². The Bertz CT molecular complexity index is 675. The summed E-state index contributed by atoms with van der Waals surface area (Å²) >= 11 is 6.08. The summed E-state index contributed by atoms with van der Waals surface area (Å²) in [7, 11) is 3.60. The molecule has 1 aromatic heterocycles. The van der Waals surface area contributed by atoms with E-state index in [1.54, 1.807) is 19.2 Å². The fourth-order valence-electron chi connectivity index (χ4n) is 2.48. The number of methoxy groups -OCH3 is 1. The van der Waals surface area contributed by atoms with E-state index in [-0.39, 0.29) is 6.04 Å². The Morgan fingerprint density at radius 2 is 2.32 bits per heavy atom. The smallest absolute Gasteiger partial charge is 0.261 e. The molecule has 2 aromatic rings. The third-order valence-corrected chi connectivity index (χ3v) is 4.13. The second-order valence-corrected chi connectivity index (χ2v) is 5.64. The fraction of sp³-hybridized carbons (Fsp3) is 0.429. The summed E-state index contributed by atoms with van der Waals surface area (Å²) in [5.74, 6) is 1.56. The van der Waals surface area contributed by atoms with Crippen LogP contribution < -0.4 is 15.8 Å². The predicted octanol–water partition coefficient (Wildman–Crippen LogP) is 1.56. The zero-order valence-electron chi connectivity index (χ0n) is 12.5. The second kappa shape index (κ2) is 6.12. The number of hydrogen-bond acceptors (Lipinski definition) is 7. The van der Waals surface area contributed by atoms with Crippen LogP contribution in [0.25, 0.3) is 11.5 Å². The molecule has 1 aliphatic rings. The highest BCUT2D eigenvalue weighted by Crippen LogP contribution is 2.35. The number of piperazine rings is 1. The summed E-state index contributed by atoms with van der Waals surface area (Å²) in [6.07, 6.45) is 0. The topological polar surface area (TPSA) is 89.4 Å². The zero-order valence-corrected chi connectivity index (χ0v) is 13.2. The molecular formula is C14H18ClN5O2. The zero-order chi connectivity index (χ0) is 15.7. The van der Waals surface area contributed by atoms with Crippen molar-refractivity contribution in [2.45, 2.75) is 6.04 Å². The molecule has 22 heavy (non-hydrogen) atoms. The lowest BCUT2D eigenvalue weighted by atomic mass is 10.1. The van der Waals surface area contributed by atoms with Crippen LogP contribution in [0.2, 0.25) is 5.02 Å². The van der Waals surface area contributed by atoms with E-state index in [1.807, 2.05) is 7.05 Å². The number of nitrogens with one attached hydrogen (secondary N) is 1. The lowest BCUT2D eigenvalue weighted by Crippen LogP contribution is -2.44. The van der Waals surface area contributed by atoms with Gasteiger partial charge in [-0.05, 0) is 13.1 Å². The first-order chi connectivity index (χ1) is 10.6. The molecular weight excluding hydrogens is 306 g/mol. The van der Waals surface area contributed by atoms with E-state index in [9.17, 15) is 0 Å². The Balaban J connectivity index is 1.95. The fourth-order valence-corrected chi connectivity index (χ4v) is 2.64. The molecule has 1 saturated heterocycles. The van der Waals surface area contributed by atoms with Gasteiger partial charge in [0.15, 0.2) is 5.82 Å². The highest BCUT2D eigenvalue weighted by Gasteiger charge is 2.26. The third-order valence-electron chi connectivity index (χ3n) is 3.80. The molecule has 1 fully saturated rings. The van der Waals surface area contributed by atoms with Crippen LogP contribution >= 0.6 is 11.6 Å². The van der Waals surface area contributed by atoms with E-state index < -0.39 is 0 Å². The van der Waals surface area contributed by atoms with E-state index >= 15 is 0 Å². The van der Waals surface area contributed by atoms with E-state index in [4.69, 9.17) is 26.6 Å². The van der Waals surface area contributed by atoms with Crippen LogP contribution in [0.1, 0.15) is 11.9 Å². The average Bonchev–Trinajstić information content (AvgIpc) is 2.99. The van der Waals surface area contributed by atoms with Crippen LogP contribution in [0, 0.1) is 0 Å². The minimum atomic E-state index is 0.0847. The Labute approximate surface area is 133 Å². The van der Waals surface area contributed by atoms with E-state index in [0.29, 0.717) is 33.7 Å². The monoisotopic (exact) mass is 323 g/mol. The Hall–Kier alpha value is -1.83. The first-order valence-corrected chi connectivity index (χ1v) is 7.36. The summed E-state index contributed by atoms with van der Waals surface area (Å²) < 4.78 is 10.7. The number of rotatable bonds is 3. The molecule has 8 heteroatoms. The molecule has 0 amide bonds. The number of benzene rings is 1. The van der Waals surface area contributed by atoms with Gasteiger partial charge in [-0.15, -0.1) is 0 Å². The molecule has 3 rings (SSSR count). The van der Waals surface area contributed by atoms with Gasteiger partial charge in [0.2, 0.25) is 0 Å². The quantitative estimate of drug-likeness (QED) is 0.828. The van der Waals surface area contributed by atoms with E-state index in [2.05, 4.69) is 20.4 Å². The predicted molar refractivity (Wildman–Crippen MR) is 83.9 cm³/mol. The average molecular weight is 324 g/mol. The van der Waals surface area contributed by atoms with Crippen LogP contribution in [0.15, 0.2) is 16.7 Å². The summed E-state index contributed by atoms with van der Waals surface area (Å²) in [5, 5.41) is 7.85. The molecule has 0 radical (unpaired) electrons. The number of nitrogen functional groups attached to an aromatic ring is 1. The lowest BCUT2D eigenvalue weighted by Gasteiger charge is -2.30. The SMILES string of the molecule is COc1cc(N)c(Cl)cc1-c1nc(C2CNCCN2C)no1. The number of nitrogens with zero attached hydrogens (tertiary/aromatic N) is 3. The summed E-state index contributed by atoms with van der Waals surface area (Å²) in [5.41, 5.74) is 6.86. The molecule has 2 heterocycles. The molecule has 1 aromatic carbocycles. The van der Waals surface area contributed by atoms with Gasteiger partial charge in [0.25, 0.3) is 5.89 Å². The number of nitrogens with two attached hydrogens (primary N) is 1. The van der Waals surface area contributed by atoms with Crippen molar-refractivity contribution < 1.29 is 9.26 Å². The third kappa shape index (κ3) is 2.75. The van der Waals surface area contributed by atoms with Crippen LogP contribution in [0.5, 0.6) is 5.75 Å². The van der Waals surface area contributed by atoms with Gasteiger partial charge in [-0.2, -0.15) is 4.98 Å². The largest absolute Gasteiger partial charge is 0.496 e. The maximum atomic E-state index is 6.08. The summed E-state index contributed by atoms with van der Waals surface area (Å²) in [4.78, 5) is 6.69. The molecule has 0 aliphatic carbocycles. The number of anilines is 1. The van der Waals surface area contributed by atoms with Gasteiger partial charge < -0.3 is 20.3 Å². The summed E-state index contributed by atoms with van der Waals surface area (Å²) in [6.45, 7) is 2.68. The molecule has 118 valence electrons. The number of hydrogen-bond donors (Lipinski definition) is 2. The first kappa shape index (κ1) is 15.1. The van der Waals surface area contributed by atoms with Crippen LogP contribution in [-0.2, 0) is 0 Å². The molecule has 0 saturated carbocycles. The minimum Gasteiger partial charge on any atom is -0.496 e. The van der Waals surface area contributed by atoms with Crippen molar-refractivity contribution >= 4 is 17.3 Å². The number of ether oxygens (including phenoxy) is 1. The molecule has 0 bridgehead atoms. The highest BCUT2D eigenvalue weighted by atomic mass is 35.5. The maximum Gasteiger partial charge on any atom is 0.261 e. The van der Waals surface area contributed by atoms with Crippen molar-refractivity contribution in [1.82, 2.24) is 20.4 Å². The van der Waals surface area contributed by atoms with Gasteiger partial charge in [0.05, 0.1) is 29.4 Å². The maximum absolute atomic E-state index is 6.08. The van der Waals surface area contributed by atoms with E-state index in [0.717, 1.165) is 19.6 Å². The molecule has 1 atom stereocenters. The summed E-state index contributed by atoms with van der Waals surface area (Å²) in [6, 6.07) is 3.41. The minimum absolute atomic E-state index is 0.0847. The van der Waals surface area contributed by atoms with E-state index in [1.165, 1.54) is 0 Å². The Morgan fingerprint density at radius 3 is 3.05 bits per heavy atom. The molecule has 7 nitrogen and oxygen atoms in total. The Morgan fingerprint density at radius 1 is 1.50 bits per heavy atom. The molecule has 3 N–H and O–H groups in total. The van der Waals surface area contributed by atoms with Crippen molar-refractivity contribution in [2.24, 2.45) is 0 Å². The van der Waals surface area contributed by atoms with Gasteiger partial charge in [0, 0.05) is 25.7 Å². The number of aromatic nitrogens is 2. The first-order valence-electron chi connectivity index (χ1n) is 6.98. The van der Waals surface area contributed by atoms with Crippen LogP contribution in [0.3, 0.4) is 0 Å². The van der Waals surface area contributed by atoms with Crippen molar-refractivity contribution in [3.05, 3.63) is 23.0 Å². The Kier molecular flexibility index (Phi) is 4.19.